The maximum absolute atomic E-state index is 13.0. The molecule has 3 aromatic carbocycles. The standard InChI is InChI=1S/C20H17NO2S/c1-14-11-12-17-20(13-14)24(22)19-10-6-4-8-16(19)21(17)15-7-3-5-9-18(15)23-2/h3-13H,1-2H3. The quantitative estimate of drug-likeness (QED) is 0.519. The van der Waals surface area contributed by atoms with E-state index < -0.39 is 10.8 Å². The lowest BCUT2D eigenvalue weighted by Crippen LogP contribution is -2.19. The number of benzene rings is 3. The maximum atomic E-state index is 13.0. The smallest absolute Gasteiger partial charge is 0.142 e. The highest BCUT2D eigenvalue weighted by Crippen LogP contribution is 2.48. The Kier molecular flexibility index (Phi) is 3.62. The molecule has 0 aromatic heterocycles. The first-order valence-corrected chi connectivity index (χ1v) is 8.90. The highest BCUT2D eigenvalue weighted by atomic mass is 32.2. The summed E-state index contributed by atoms with van der Waals surface area (Å²) in [6.45, 7) is 2.02. The van der Waals surface area contributed by atoms with Gasteiger partial charge in [0.15, 0.2) is 0 Å². The Hall–Kier alpha value is -2.59. The van der Waals surface area contributed by atoms with Crippen molar-refractivity contribution in [1.29, 1.82) is 0 Å². The van der Waals surface area contributed by atoms with Gasteiger partial charge in [-0.3, -0.25) is 0 Å². The molecular formula is C20H17NO2S. The predicted octanol–water partition coefficient (Wildman–Crippen LogP) is 4.95. The Labute approximate surface area is 144 Å². The van der Waals surface area contributed by atoms with Crippen LogP contribution in [0.3, 0.4) is 0 Å². The number of anilines is 3. The third kappa shape index (κ3) is 2.22. The van der Waals surface area contributed by atoms with E-state index in [-0.39, 0.29) is 0 Å². The first-order chi connectivity index (χ1) is 11.7. The minimum atomic E-state index is -1.19. The second-order valence-electron chi connectivity index (χ2n) is 5.71. The molecule has 0 saturated heterocycles. The molecule has 3 aromatic rings. The summed E-state index contributed by atoms with van der Waals surface area (Å²) in [5.74, 6) is 0.784. The first-order valence-electron chi connectivity index (χ1n) is 7.75. The molecule has 0 fully saturated rings. The van der Waals surface area contributed by atoms with Crippen LogP contribution in [0.1, 0.15) is 5.56 Å². The molecule has 0 bridgehead atoms. The van der Waals surface area contributed by atoms with E-state index in [9.17, 15) is 4.21 Å². The van der Waals surface area contributed by atoms with Crippen LogP contribution in [0.15, 0.2) is 76.5 Å². The maximum Gasteiger partial charge on any atom is 0.142 e. The summed E-state index contributed by atoms with van der Waals surface area (Å²) in [6, 6.07) is 21.8. The van der Waals surface area contributed by atoms with Crippen LogP contribution < -0.4 is 9.64 Å². The summed E-state index contributed by atoms with van der Waals surface area (Å²) in [4.78, 5) is 3.78. The van der Waals surface area contributed by atoms with E-state index in [4.69, 9.17) is 4.74 Å². The normalized spacial score (nSPS) is 15.6. The average Bonchev–Trinajstić information content (AvgIpc) is 2.63. The Balaban J connectivity index is 2.04. The second-order valence-corrected chi connectivity index (χ2v) is 7.13. The van der Waals surface area contributed by atoms with Crippen molar-refractivity contribution < 1.29 is 8.95 Å². The van der Waals surface area contributed by atoms with Crippen LogP contribution in [0.5, 0.6) is 5.75 Å². The Morgan fingerprint density at radius 1 is 0.833 bits per heavy atom. The van der Waals surface area contributed by atoms with Gasteiger partial charge in [0.05, 0.1) is 44.8 Å². The summed E-state index contributed by atoms with van der Waals surface area (Å²) >= 11 is 0. The Morgan fingerprint density at radius 2 is 1.50 bits per heavy atom. The molecule has 1 aliphatic heterocycles. The number of aryl methyl sites for hydroxylation is 1. The van der Waals surface area contributed by atoms with Gasteiger partial charge in [-0.15, -0.1) is 0 Å². The number of fused-ring (bicyclic) bond motifs is 2. The number of hydrogen-bond acceptors (Lipinski definition) is 3. The van der Waals surface area contributed by atoms with Gasteiger partial charge >= 0.3 is 0 Å². The van der Waals surface area contributed by atoms with Crippen molar-refractivity contribution in [3.8, 4) is 5.75 Å². The molecule has 4 rings (SSSR count). The van der Waals surface area contributed by atoms with Crippen molar-refractivity contribution in [1.82, 2.24) is 0 Å². The van der Waals surface area contributed by atoms with E-state index in [1.807, 2.05) is 73.7 Å². The molecule has 0 N–H and O–H groups in total. The molecule has 4 heteroatoms. The van der Waals surface area contributed by atoms with Crippen LogP contribution >= 0.6 is 0 Å². The lowest BCUT2D eigenvalue weighted by Gasteiger charge is -2.33. The number of ether oxygens (including phenoxy) is 1. The summed E-state index contributed by atoms with van der Waals surface area (Å²) in [6.07, 6.45) is 0. The molecule has 24 heavy (non-hydrogen) atoms. The van der Waals surface area contributed by atoms with Crippen molar-refractivity contribution in [2.24, 2.45) is 0 Å². The molecule has 120 valence electrons. The zero-order valence-corrected chi connectivity index (χ0v) is 14.3. The van der Waals surface area contributed by atoms with Gasteiger partial charge in [0, 0.05) is 0 Å². The van der Waals surface area contributed by atoms with Crippen LogP contribution in [-0.4, -0.2) is 11.3 Å². The van der Waals surface area contributed by atoms with Crippen LogP contribution in [0.4, 0.5) is 17.1 Å². The van der Waals surface area contributed by atoms with E-state index in [1.165, 1.54) is 0 Å². The van der Waals surface area contributed by atoms with E-state index >= 15 is 0 Å². The van der Waals surface area contributed by atoms with E-state index in [1.54, 1.807) is 7.11 Å². The van der Waals surface area contributed by atoms with Gasteiger partial charge in [-0.25, -0.2) is 4.21 Å². The summed E-state index contributed by atoms with van der Waals surface area (Å²) in [5.41, 5.74) is 3.90. The van der Waals surface area contributed by atoms with Crippen molar-refractivity contribution in [2.45, 2.75) is 16.7 Å². The van der Waals surface area contributed by atoms with Crippen molar-refractivity contribution in [3.05, 3.63) is 72.3 Å². The van der Waals surface area contributed by atoms with Gasteiger partial charge in [-0.1, -0.05) is 30.3 Å². The fraction of sp³-hybridized carbons (Fsp3) is 0.100. The van der Waals surface area contributed by atoms with E-state index in [0.29, 0.717) is 0 Å². The number of hydrogen-bond donors (Lipinski definition) is 0. The predicted molar refractivity (Wildman–Crippen MR) is 97.1 cm³/mol. The SMILES string of the molecule is COc1ccccc1N1c2ccccc2S(=O)c2cc(C)ccc21. The van der Waals surface area contributed by atoms with Crippen LogP contribution in [0.25, 0.3) is 0 Å². The molecule has 1 unspecified atom stereocenters. The molecule has 1 aliphatic rings. The van der Waals surface area contributed by atoms with Gasteiger partial charge in [0.25, 0.3) is 0 Å². The highest BCUT2D eigenvalue weighted by Gasteiger charge is 2.30. The summed E-state index contributed by atoms with van der Waals surface area (Å²) < 4.78 is 18.6. The molecular weight excluding hydrogens is 318 g/mol. The Morgan fingerprint density at radius 3 is 2.29 bits per heavy atom. The number of para-hydroxylation sites is 3. The molecule has 0 spiro atoms. The van der Waals surface area contributed by atoms with Gasteiger partial charge in [-0.2, -0.15) is 0 Å². The largest absolute Gasteiger partial charge is 0.495 e. The first kappa shape index (κ1) is 15.0. The third-order valence-corrected chi connectivity index (χ3v) is 5.66. The van der Waals surface area contributed by atoms with Gasteiger partial charge in [0.1, 0.15) is 5.75 Å². The van der Waals surface area contributed by atoms with Crippen molar-refractivity contribution >= 4 is 27.9 Å². The van der Waals surface area contributed by atoms with Gasteiger partial charge < -0.3 is 9.64 Å². The molecule has 0 radical (unpaired) electrons. The molecule has 1 atom stereocenters. The monoisotopic (exact) mass is 335 g/mol. The topological polar surface area (TPSA) is 29.5 Å². The fourth-order valence-electron chi connectivity index (χ4n) is 3.08. The minimum Gasteiger partial charge on any atom is -0.495 e. The van der Waals surface area contributed by atoms with Crippen LogP contribution in [-0.2, 0) is 10.8 Å². The summed E-state index contributed by atoms with van der Waals surface area (Å²) in [5, 5.41) is 0. The molecule has 1 heterocycles. The zero-order chi connectivity index (χ0) is 16.7. The highest BCUT2D eigenvalue weighted by molar-refractivity contribution is 7.85. The lowest BCUT2D eigenvalue weighted by molar-refractivity contribution is 0.416. The van der Waals surface area contributed by atoms with E-state index in [0.717, 1.165) is 38.2 Å². The summed E-state index contributed by atoms with van der Waals surface area (Å²) in [7, 11) is 0.484. The zero-order valence-electron chi connectivity index (χ0n) is 13.5. The van der Waals surface area contributed by atoms with Gasteiger partial charge in [0.2, 0.25) is 0 Å². The number of methoxy groups -OCH3 is 1. The average molecular weight is 335 g/mol. The molecule has 0 saturated carbocycles. The van der Waals surface area contributed by atoms with Gasteiger partial charge in [-0.05, 0) is 48.9 Å². The fourth-order valence-corrected chi connectivity index (χ4v) is 4.51. The molecule has 0 aliphatic carbocycles. The van der Waals surface area contributed by atoms with Crippen molar-refractivity contribution in [2.75, 3.05) is 12.0 Å². The molecule has 0 amide bonds. The number of rotatable bonds is 2. The minimum absolute atomic E-state index is 0.784. The number of nitrogens with zero attached hydrogens (tertiary/aromatic N) is 1. The van der Waals surface area contributed by atoms with Crippen LogP contribution in [0, 0.1) is 6.92 Å². The molecule has 3 nitrogen and oxygen atoms in total. The van der Waals surface area contributed by atoms with Crippen LogP contribution in [0.2, 0.25) is 0 Å². The van der Waals surface area contributed by atoms with Crippen molar-refractivity contribution in [3.63, 3.8) is 0 Å². The Bertz CT molecular complexity index is 952. The third-order valence-electron chi connectivity index (χ3n) is 4.19. The van der Waals surface area contributed by atoms with E-state index in [2.05, 4.69) is 4.90 Å². The lowest BCUT2D eigenvalue weighted by atomic mass is 10.1. The second kappa shape index (κ2) is 5.80.